The Kier molecular flexibility index (Phi) is 5.96. The first-order chi connectivity index (χ1) is 12.7. The third-order valence-electron chi connectivity index (χ3n) is 3.82. The number of carbonyl (C=O) groups is 1. The normalized spacial score (nSPS) is 10.7. The van der Waals surface area contributed by atoms with Crippen LogP contribution in [0.4, 0.5) is 10.1 Å². The molecule has 6 heteroatoms. The molecular formula is C20H19FN2O2S. The zero-order valence-electron chi connectivity index (χ0n) is 14.2. The van der Waals surface area contributed by atoms with E-state index in [1.54, 1.807) is 35.9 Å². The van der Waals surface area contributed by atoms with Gasteiger partial charge in [0, 0.05) is 11.3 Å². The number of nitrogens with one attached hydrogen (secondary N) is 1. The molecule has 1 heterocycles. The van der Waals surface area contributed by atoms with E-state index in [4.69, 9.17) is 4.74 Å². The Morgan fingerprint density at radius 1 is 1.35 bits per heavy atom. The van der Waals surface area contributed by atoms with Crippen LogP contribution in [0, 0.1) is 5.82 Å². The minimum Gasteiger partial charge on any atom is -0.490 e. The summed E-state index contributed by atoms with van der Waals surface area (Å²) in [5.74, 6) is -0.596. The number of ether oxygens (including phenoxy) is 1. The summed E-state index contributed by atoms with van der Waals surface area (Å²) in [5.41, 5.74) is 3.62. The number of nitrogens with zero attached hydrogens (tertiary/aromatic N) is 1. The maximum absolute atomic E-state index is 14.5. The Morgan fingerprint density at radius 2 is 2.23 bits per heavy atom. The molecule has 0 radical (unpaired) electrons. The van der Waals surface area contributed by atoms with Gasteiger partial charge in [-0.25, -0.2) is 9.37 Å². The summed E-state index contributed by atoms with van der Waals surface area (Å²) in [4.78, 5) is 16.5. The van der Waals surface area contributed by atoms with Crippen LogP contribution in [0.5, 0.6) is 5.75 Å². The first-order valence-electron chi connectivity index (χ1n) is 8.31. The van der Waals surface area contributed by atoms with Crippen molar-refractivity contribution in [3.8, 4) is 5.75 Å². The predicted molar refractivity (Wildman–Crippen MR) is 103 cm³/mol. The SMILES string of the molecule is C=CCCCOc1cccc(CC(=O)Nc2ccc3ncsc3c2)c1F. The van der Waals surface area contributed by atoms with E-state index >= 15 is 0 Å². The minimum atomic E-state index is -0.487. The first-order valence-corrected chi connectivity index (χ1v) is 9.19. The molecule has 0 bridgehead atoms. The molecule has 3 rings (SSSR count). The quantitative estimate of drug-likeness (QED) is 0.450. The van der Waals surface area contributed by atoms with E-state index in [1.807, 2.05) is 12.1 Å². The maximum Gasteiger partial charge on any atom is 0.228 e. The van der Waals surface area contributed by atoms with E-state index in [0.717, 1.165) is 23.1 Å². The number of halogens is 1. The highest BCUT2D eigenvalue weighted by Gasteiger charge is 2.13. The number of carbonyl (C=O) groups excluding carboxylic acids is 1. The molecule has 3 aromatic rings. The van der Waals surface area contributed by atoms with Crippen LogP contribution in [0.3, 0.4) is 0 Å². The maximum atomic E-state index is 14.5. The fourth-order valence-corrected chi connectivity index (χ4v) is 3.24. The lowest BCUT2D eigenvalue weighted by molar-refractivity contribution is -0.115. The van der Waals surface area contributed by atoms with Gasteiger partial charge in [-0.1, -0.05) is 18.2 Å². The van der Waals surface area contributed by atoms with Crippen LogP contribution in [-0.4, -0.2) is 17.5 Å². The van der Waals surface area contributed by atoms with Gasteiger partial charge in [0.05, 0.1) is 28.8 Å². The highest BCUT2D eigenvalue weighted by atomic mass is 32.1. The zero-order chi connectivity index (χ0) is 18.4. The molecule has 0 spiro atoms. The second-order valence-electron chi connectivity index (χ2n) is 5.77. The number of fused-ring (bicyclic) bond motifs is 1. The van der Waals surface area contributed by atoms with Crippen molar-refractivity contribution < 1.29 is 13.9 Å². The number of benzene rings is 2. The molecule has 26 heavy (non-hydrogen) atoms. The highest BCUT2D eigenvalue weighted by molar-refractivity contribution is 7.16. The minimum absolute atomic E-state index is 0.0591. The molecule has 0 unspecified atom stereocenters. The molecular weight excluding hydrogens is 351 g/mol. The lowest BCUT2D eigenvalue weighted by atomic mass is 10.1. The Balaban J connectivity index is 1.63. The predicted octanol–water partition coefficient (Wildman–Crippen LogP) is 4.96. The Bertz CT molecular complexity index is 923. The van der Waals surface area contributed by atoms with Gasteiger partial charge >= 0.3 is 0 Å². The molecule has 0 atom stereocenters. The van der Waals surface area contributed by atoms with Crippen LogP contribution in [0.15, 0.2) is 54.6 Å². The summed E-state index contributed by atoms with van der Waals surface area (Å²) >= 11 is 1.50. The molecule has 0 aliphatic heterocycles. The Morgan fingerprint density at radius 3 is 3.08 bits per heavy atom. The van der Waals surface area contributed by atoms with E-state index in [-0.39, 0.29) is 18.1 Å². The number of hydrogen-bond acceptors (Lipinski definition) is 4. The average molecular weight is 370 g/mol. The fourth-order valence-electron chi connectivity index (χ4n) is 2.53. The van der Waals surface area contributed by atoms with Crippen LogP contribution in [0.1, 0.15) is 18.4 Å². The number of amides is 1. The van der Waals surface area contributed by atoms with E-state index in [1.165, 1.54) is 11.3 Å². The van der Waals surface area contributed by atoms with E-state index in [2.05, 4.69) is 16.9 Å². The van der Waals surface area contributed by atoms with Crippen LogP contribution in [0.25, 0.3) is 10.2 Å². The van der Waals surface area contributed by atoms with Gasteiger partial charge < -0.3 is 10.1 Å². The smallest absolute Gasteiger partial charge is 0.228 e. The van der Waals surface area contributed by atoms with Gasteiger partial charge in [-0.15, -0.1) is 17.9 Å². The Hall–Kier alpha value is -2.73. The van der Waals surface area contributed by atoms with Gasteiger partial charge in [-0.2, -0.15) is 0 Å². The average Bonchev–Trinajstić information content (AvgIpc) is 3.09. The first kappa shape index (κ1) is 18.1. The van der Waals surface area contributed by atoms with Crippen molar-refractivity contribution in [2.75, 3.05) is 11.9 Å². The zero-order valence-corrected chi connectivity index (χ0v) is 15.0. The van der Waals surface area contributed by atoms with Gasteiger partial charge in [-0.3, -0.25) is 4.79 Å². The molecule has 0 aliphatic carbocycles. The number of aromatic nitrogens is 1. The summed E-state index contributed by atoms with van der Waals surface area (Å²) in [5, 5.41) is 2.80. The number of anilines is 1. The molecule has 1 amide bonds. The van der Waals surface area contributed by atoms with Crippen molar-refractivity contribution >= 4 is 33.1 Å². The fraction of sp³-hybridized carbons (Fsp3) is 0.200. The van der Waals surface area contributed by atoms with Crippen LogP contribution < -0.4 is 10.1 Å². The molecule has 0 fully saturated rings. The number of thiazole rings is 1. The third-order valence-corrected chi connectivity index (χ3v) is 4.61. The molecule has 1 N–H and O–H groups in total. The summed E-state index contributed by atoms with van der Waals surface area (Å²) in [6.45, 7) is 4.05. The third kappa shape index (κ3) is 4.46. The van der Waals surface area contributed by atoms with Crippen LogP contribution in [0.2, 0.25) is 0 Å². The van der Waals surface area contributed by atoms with Crippen molar-refractivity contribution in [2.24, 2.45) is 0 Å². The van der Waals surface area contributed by atoms with Gasteiger partial charge in [-0.05, 0) is 37.1 Å². The largest absolute Gasteiger partial charge is 0.490 e. The molecule has 2 aromatic carbocycles. The lowest BCUT2D eigenvalue weighted by Gasteiger charge is -2.10. The summed E-state index contributed by atoms with van der Waals surface area (Å²) < 4.78 is 21.0. The van der Waals surface area contributed by atoms with Crippen molar-refractivity contribution in [3.63, 3.8) is 0 Å². The van der Waals surface area contributed by atoms with Crippen molar-refractivity contribution in [3.05, 3.63) is 65.9 Å². The second-order valence-corrected chi connectivity index (χ2v) is 6.65. The van der Waals surface area contributed by atoms with Gasteiger partial charge in [0.1, 0.15) is 0 Å². The summed E-state index contributed by atoms with van der Waals surface area (Å²) in [6, 6.07) is 10.4. The highest BCUT2D eigenvalue weighted by Crippen LogP contribution is 2.23. The molecule has 134 valence electrons. The summed E-state index contributed by atoms with van der Waals surface area (Å²) in [6.07, 6.45) is 3.32. The number of hydrogen-bond donors (Lipinski definition) is 1. The van der Waals surface area contributed by atoms with Crippen molar-refractivity contribution in [2.45, 2.75) is 19.3 Å². The number of rotatable bonds is 8. The molecule has 4 nitrogen and oxygen atoms in total. The van der Waals surface area contributed by atoms with Gasteiger partial charge in [0.15, 0.2) is 11.6 Å². The molecule has 1 aromatic heterocycles. The van der Waals surface area contributed by atoms with Gasteiger partial charge in [0.25, 0.3) is 0 Å². The lowest BCUT2D eigenvalue weighted by Crippen LogP contribution is -2.15. The Labute approximate surface area is 155 Å². The van der Waals surface area contributed by atoms with E-state index in [9.17, 15) is 9.18 Å². The molecule has 0 saturated heterocycles. The van der Waals surface area contributed by atoms with E-state index < -0.39 is 5.82 Å². The van der Waals surface area contributed by atoms with E-state index in [0.29, 0.717) is 17.9 Å². The number of unbranched alkanes of at least 4 members (excludes halogenated alkanes) is 1. The topological polar surface area (TPSA) is 51.2 Å². The standard InChI is InChI=1S/C20H19FN2O2S/c1-2-3-4-10-25-17-7-5-6-14(20(17)21)11-19(24)23-15-8-9-16-18(12-15)26-13-22-16/h2,5-9,12-13H,1,3-4,10-11H2,(H,23,24). The van der Waals surface area contributed by atoms with Crippen LogP contribution in [-0.2, 0) is 11.2 Å². The number of allylic oxidation sites excluding steroid dienone is 1. The molecule has 0 saturated carbocycles. The van der Waals surface area contributed by atoms with Gasteiger partial charge in [0.2, 0.25) is 5.91 Å². The van der Waals surface area contributed by atoms with Crippen LogP contribution >= 0.6 is 11.3 Å². The van der Waals surface area contributed by atoms with Crippen molar-refractivity contribution in [1.82, 2.24) is 4.98 Å². The summed E-state index contributed by atoms with van der Waals surface area (Å²) in [7, 11) is 0. The monoisotopic (exact) mass is 370 g/mol. The molecule has 0 aliphatic rings. The van der Waals surface area contributed by atoms with Crippen molar-refractivity contribution in [1.29, 1.82) is 0 Å². The second kappa shape index (κ2) is 8.58.